The lowest BCUT2D eigenvalue weighted by Crippen LogP contribution is -2.37. The highest BCUT2D eigenvalue weighted by Gasteiger charge is 2.41. The predicted molar refractivity (Wildman–Crippen MR) is 66.4 cm³/mol. The van der Waals surface area contributed by atoms with Gasteiger partial charge in [0.1, 0.15) is 5.52 Å². The van der Waals surface area contributed by atoms with E-state index in [1.807, 2.05) is 18.2 Å². The molecule has 94 valence electrons. The van der Waals surface area contributed by atoms with Crippen molar-refractivity contribution in [1.82, 2.24) is 4.98 Å². The number of hydrogen-bond donors (Lipinski definition) is 1. The van der Waals surface area contributed by atoms with Crippen LogP contribution in [0.4, 0.5) is 0 Å². The second-order valence-electron chi connectivity index (χ2n) is 4.98. The molecule has 1 heterocycles. The van der Waals surface area contributed by atoms with Crippen LogP contribution in [0.2, 0.25) is 0 Å². The Bertz CT molecular complexity index is 581. The third-order valence-corrected chi connectivity index (χ3v) is 4.00. The van der Waals surface area contributed by atoms with E-state index in [-0.39, 0.29) is 0 Å². The lowest BCUT2D eigenvalue weighted by Gasteiger charge is -2.33. The van der Waals surface area contributed by atoms with Gasteiger partial charge < -0.3 is 9.52 Å². The molecule has 3 rings (SSSR count). The maximum absolute atomic E-state index is 11.7. The first-order valence-electron chi connectivity index (χ1n) is 6.29. The number of aromatic nitrogens is 1. The van der Waals surface area contributed by atoms with Gasteiger partial charge in [0.15, 0.2) is 12.0 Å². The molecule has 1 aliphatic carbocycles. The van der Waals surface area contributed by atoms with E-state index < -0.39 is 11.4 Å². The highest BCUT2D eigenvalue weighted by Crippen LogP contribution is 2.40. The van der Waals surface area contributed by atoms with Crippen molar-refractivity contribution in [2.45, 2.75) is 37.5 Å². The van der Waals surface area contributed by atoms with Crippen LogP contribution in [0, 0.1) is 0 Å². The summed E-state index contributed by atoms with van der Waals surface area (Å²) in [7, 11) is 0. The van der Waals surface area contributed by atoms with Gasteiger partial charge in [-0.25, -0.2) is 4.98 Å². The first-order valence-corrected chi connectivity index (χ1v) is 6.29. The van der Waals surface area contributed by atoms with Crippen LogP contribution in [-0.4, -0.2) is 16.1 Å². The molecule has 0 atom stereocenters. The summed E-state index contributed by atoms with van der Waals surface area (Å²) < 4.78 is 5.27. The molecule has 4 nitrogen and oxygen atoms in total. The summed E-state index contributed by atoms with van der Waals surface area (Å²) >= 11 is 0. The van der Waals surface area contributed by atoms with Gasteiger partial charge in [-0.05, 0) is 30.5 Å². The van der Waals surface area contributed by atoms with Crippen molar-refractivity contribution < 1.29 is 14.3 Å². The molecule has 0 unspecified atom stereocenters. The minimum absolute atomic E-state index is 0.665. The molecule has 0 amide bonds. The summed E-state index contributed by atoms with van der Waals surface area (Å²) in [6.07, 6.45) is 5.88. The fraction of sp³-hybridized carbons (Fsp3) is 0.429. The van der Waals surface area contributed by atoms with Crippen LogP contribution < -0.4 is 0 Å². The number of oxazole rings is 1. The molecule has 0 aliphatic heterocycles. The van der Waals surface area contributed by atoms with Crippen LogP contribution >= 0.6 is 0 Å². The Morgan fingerprint density at radius 3 is 2.78 bits per heavy atom. The monoisotopic (exact) mass is 245 g/mol. The molecule has 1 aromatic carbocycles. The van der Waals surface area contributed by atoms with Crippen molar-refractivity contribution in [3.8, 4) is 0 Å². The maximum atomic E-state index is 11.7. The molecular formula is C14H15NO3. The third-order valence-electron chi connectivity index (χ3n) is 4.00. The van der Waals surface area contributed by atoms with Crippen molar-refractivity contribution in [2.24, 2.45) is 0 Å². The van der Waals surface area contributed by atoms with Crippen LogP contribution in [0.25, 0.3) is 11.1 Å². The number of aliphatic carboxylic acids is 1. The number of carboxylic acid groups (broad SMARTS) is 1. The van der Waals surface area contributed by atoms with Gasteiger partial charge in [0.2, 0.25) is 0 Å². The SMILES string of the molecule is O=C(O)C1(c2ccc3ncoc3c2)CCCCC1. The topological polar surface area (TPSA) is 63.3 Å². The van der Waals surface area contributed by atoms with Crippen molar-refractivity contribution in [1.29, 1.82) is 0 Å². The van der Waals surface area contributed by atoms with Gasteiger partial charge in [0.05, 0.1) is 5.41 Å². The molecule has 2 aromatic rings. The third kappa shape index (κ3) is 1.60. The van der Waals surface area contributed by atoms with Crippen LogP contribution in [-0.2, 0) is 10.2 Å². The van der Waals surface area contributed by atoms with Gasteiger partial charge in [-0.15, -0.1) is 0 Å². The Morgan fingerprint density at radius 1 is 1.28 bits per heavy atom. The zero-order valence-electron chi connectivity index (χ0n) is 10.1. The van der Waals surface area contributed by atoms with Crippen LogP contribution in [0.3, 0.4) is 0 Å². The largest absolute Gasteiger partial charge is 0.481 e. The fourth-order valence-electron chi connectivity index (χ4n) is 2.93. The molecule has 4 heteroatoms. The minimum atomic E-state index is -0.737. The molecule has 0 spiro atoms. The van der Waals surface area contributed by atoms with Crippen molar-refractivity contribution in [3.05, 3.63) is 30.2 Å². The van der Waals surface area contributed by atoms with E-state index in [1.165, 1.54) is 6.39 Å². The van der Waals surface area contributed by atoms with Gasteiger partial charge in [-0.1, -0.05) is 25.3 Å². The summed E-state index contributed by atoms with van der Waals surface area (Å²) in [5.41, 5.74) is 1.55. The summed E-state index contributed by atoms with van der Waals surface area (Å²) in [5, 5.41) is 9.62. The van der Waals surface area contributed by atoms with Crippen molar-refractivity contribution in [2.75, 3.05) is 0 Å². The second kappa shape index (κ2) is 4.12. The normalized spacial score (nSPS) is 18.9. The van der Waals surface area contributed by atoms with Gasteiger partial charge in [0, 0.05) is 0 Å². The van der Waals surface area contributed by atoms with E-state index in [4.69, 9.17) is 4.42 Å². The first kappa shape index (κ1) is 11.3. The Kier molecular flexibility index (Phi) is 2.58. The molecule has 0 radical (unpaired) electrons. The molecule has 1 aromatic heterocycles. The van der Waals surface area contributed by atoms with E-state index in [9.17, 15) is 9.90 Å². The molecule has 1 fully saturated rings. The quantitative estimate of drug-likeness (QED) is 0.882. The molecule has 0 bridgehead atoms. The minimum Gasteiger partial charge on any atom is -0.481 e. The van der Waals surface area contributed by atoms with E-state index in [1.54, 1.807) is 0 Å². The zero-order chi connectivity index (χ0) is 12.6. The molecule has 1 N–H and O–H groups in total. The zero-order valence-corrected chi connectivity index (χ0v) is 10.1. The van der Waals surface area contributed by atoms with Gasteiger partial charge >= 0.3 is 5.97 Å². The summed E-state index contributed by atoms with van der Waals surface area (Å²) in [6, 6.07) is 5.56. The average Bonchev–Trinajstić information content (AvgIpc) is 2.86. The van der Waals surface area contributed by atoms with Crippen LogP contribution in [0.15, 0.2) is 29.0 Å². The summed E-state index contributed by atoms with van der Waals surface area (Å²) in [4.78, 5) is 15.8. The molecule has 1 saturated carbocycles. The second-order valence-corrected chi connectivity index (χ2v) is 4.98. The fourth-order valence-corrected chi connectivity index (χ4v) is 2.93. The highest BCUT2D eigenvalue weighted by atomic mass is 16.4. The number of fused-ring (bicyclic) bond motifs is 1. The molecule has 18 heavy (non-hydrogen) atoms. The number of rotatable bonds is 2. The Balaban J connectivity index is 2.11. The van der Waals surface area contributed by atoms with E-state index >= 15 is 0 Å². The van der Waals surface area contributed by atoms with E-state index in [0.29, 0.717) is 18.4 Å². The Morgan fingerprint density at radius 2 is 2.06 bits per heavy atom. The van der Waals surface area contributed by atoms with Gasteiger partial charge in [0.25, 0.3) is 0 Å². The number of carboxylic acids is 1. The summed E-state index contributed by atoms with van der Waals surface area (Å²) in [5.74, 6) is -0.721. The smallest absolute Gasteiger partial charge is 0.314 e. The van der Waals surface area contributed by atoms with Crippen molar-refractivity contribution >= 4 is 17.1 Å². The molecule has 1 aliphatic rings. The molecule has 0 saturated heterocycles. The highest BCUT2D eigenvalue weighted by molar-refractivity contribution is 5.84. The number of nitrogens with zero attached hydrogens (tertiary/aromatic N) is 1. The Hall–Kier alpha value is -1.84. The number of benzene rings is 1. The maximum Gasteiger partial charge on any atom is 0.314 e. The van der Waals surface area contributed by atoms with Crippen LogP contribution in [0.5, 0.6) is 0 Å². The van der Waals surface area contributed by atoms with Gasteiger partial charge in [-0.2, -0.15) is 0 Å². The lowest BCUT2D eigenvalue weighted by molar-refractivity contribution is -0.145. The van der Waals surface area contributed by atoms with Crippen molar-refractivity contribution in [3.63, 3.8) is 0 Å². The lowest BCUT2D eigenvalue weighted by atomic mass is 9.69. The Labute approximate surface area is 105 Å². The van der Waals surface area contributed by atoms with E-state index in [0.717, 1.165) is 30.3 Å². The number of carbonyl (C=O) groups is 1. The van der Waals surface area contributed by atoms with Gasteiger partial charge in [-0.3, -0.25) is 4.79 Å². The van der Waals surface area contributed by atoms with Crippen LogP contribution in [0.1, 0.15) is 37.7 Å². The van der Waals surface area contributed by atoms with E-state index in [2.05, 4.69) is 4.98 Å². The molecular weight excluding hydrogens is 230 g/mol. The first-order chi connectivity index (χ1) is 8.72. The predicted octanol–water partition coefficient (Wildman–Crippen LogP) is 3.11. The average molecular weight is 245 g/mol. The number of hydrogen-bond acceptors (Lipinski definition) is 3. The summed E-state index contributed by atoms with van der Waals surface area (Å²) in [6.45, 7) is 0. The standard InChI is InChI=1S/C14H15NO3/c16-13(17)14(6-2-1-3-7-14)10-4-5-11-12(8-10)18-9-15-11/h4-5,8-9H,1-3,6-7H2,(H,16,17).